The predicted octanol–water partition coefficient (Wildman–Crippen LogP) is 7.52. The number of aryl methyl sites for hydroxylation is 2. The molecule has 0 saturated carbocycles. The summed E-state index contributed by atoms with van der Waals surface area (Å²) in [4.78, 5) is 19.9. The first-order valence-electron chi connectivity index (χ1n) is 13.6. The number of carboxylic acid groups (broad SMARTS) is 1. The zero-order valence-corrected chi connectivity index (χ0v) is 24.0. The molecule has 0 amide bonds. The van der Waals surface area contributed by atoms with Crippen molar-refractivity contribution < 1.29 is 14.6 Å². The Kier molecular flexibility index (Phi) is 7.98. The first kappa shape index (κ1) is 27.8. The number of aromatic nitrogens is 1. The topological polar surface area (TPSA) is 62.7 Å². The van der Waals surface area contributed by atoms with Gasteiger partial charge in [0.1, 0.15) is 0 Å². The summed E-state index contributed by atoms with van der Waals surface area (Å²) >= 11 is 0. The van der Waals surface area contributed by atoms with Crippen LogP contribution < -0.4 is 4.90 Å². The third kappa shape index (κ3) is 6.44. The Bertz CT molecular complexity index is 1260. The van der Waals surface area contributed by atoms with E-state index < -0.39 is 17.7 Å². The van der Waals surface area contributed by atoms with Gasteiger partial charge in [-0.15, -0.1) is 0 Å². The molecule has 1 atom stereocenters. The van der Waals surface area contributed by atoms with Gasteiger partial charge >= 0.3 is 5.97 Å². The Morgan fingerprint density at radius 1 is 0.974 bits per heavy atom. The molecule has 38 heavy (non-hydrogen) atoms. The second-order valence-corrected chi connectivity index (χ2v) is 12.4. The molecule has 1 fully saturated rings. The molecule has 0 bridgehead atoms. The number of hydrogen-bond acceptors (Lipinski definition) is 4. The molecule has 1 saturated heterocycles. The number of nitrogens with zero attached hydrogens (tertiary/aromatic N) is 2. The molecule has 4 rings (SSSR count). The normalized spacial score (nSPS) is 16.3. The molecule has 1 aliphatic heterocycles. The van der Waals surface area contributed by atoms with E-state index in [4.69, 9.17) is 9.72 Å². The average Bonchev–Trinajstić information content (AvgIpc) is 2.83. The summed E-state index contributed by atoms with van der Waals surface area (Å²) in [6, 6.07) is 19.1. The quantitative estimate of drug-likeness (QED) is 0.353. The minimum absolute atomic E-state index is 0.265. The van der Waals surface area contributed by atoms with E-state index >= 15 is 0 Å². The van der Waals surface area contributed by atoms with Gasteiger partial charge in [-0.3, -0.25) is 4.98 Å². The van der Waals surface area contributed by atoms with Crippen molar-refractivity contribution in [3.8, 4) is 11.1 Å². The molecule has 2 aromatic carbocycles. The van der Waals surface area contributed by atoms with Crippen LogP contribution in [0.1, 0.15) is 81.6 Å². The number of ether oxygens (including phenoxy) is 1. The Balaban J connectivity index is 1.85. The molecule has 0 radical (unpaired) electrons. The number of carboxylic acids is 1. The van der Waals surface area contributed by atoms with Crippen molar-refractivity contribution in [2.24, 2.45) is 5.41 Å². The van der Waals surface area contributed by atoms with Gasteiger partial charge in [0.2, 0.25) is 0 Å². The van der Waals surface area contributed by atoms with Crippen LogP contribution in [-0.2, 0) is 16.0 Å². The molecule has 1 aliphatic rings. The van der Waals surface area contributed by atoms with Crippen molar-refractivity contribution in [2.75, 3.05) is 18.0 Å². The van der Waals surface area contributed by atoms with Gasteiger partial charge in [-0.25, -0.2) is 4.79 Å². The van der Waals surface area contributed by atoms with E-state index in [9.17, 15) is 9.90 Å². The fraction of sp³-hybridized carbons (Fsp3) is 0.455. The zero-order valence-electron chi connectivity index (χ0n) is 24.0. The minimum Gasteiger partial charge on any atom is -0.479 e. The molecule has 1 aromatic heterocycles. The van der Waals surface area contributed by atoms with Crippen molar-refractivity contribution in [3.05, 3.63) is 82.7 Å². The summed E-state index contributed by atoms with van der Waals surface area (Å²) in [6.07, 6.45) is 1.84. The van der Waals surface area contributed by atoms with E-state index in [2.05, 4.69) is 67.3 Å². The maximum atomic E-state index is 12.6. The number of piperidine rings is 1. The van der Waals surface area contributed by atoms with Gasteiger partial charge < -0.3 is 14.7 Å². The lowest BCUT2D eigenvalue weighted by Gasteiger charge is -2.41. The Morgan fingerprint density at radius 2 is 1.55 bits per heavy atom. The lowest BCUT2D eigenvalue weighted by Crippen LogP contribution is -2.39. The summed E-state index contributed by atoms with van der Waals surface area (Å²) in [7, 11) is 0. The van der Waals surface area contributed by atoms with Crippen molar-refractivity contribution in [3.63, 3.8) is 0 Å². The Hall–Kier alpha value is -3.18. The minimum atomic E-state index is -1.11. The fourth-order valence-corrected chi connectivity index (χ4v) is 5.38. The van der Waals surface area contributed by atoms with Gasteiger partial charge in [0.05, 0.1) is 11.3 Å². The molecule has 202 valence electrons. The molecule has 5 nitrogen and oxygen atoms in total. The number of pyridine rings is 1. The number of aliphatic carboxylic acids is 1. The highest BCUT2D eigenvalue weighted by atomic mass is 16.5. The van der Waals surface area contributed by atoms with Crippen LogP contribution in [0.3, 0.4) is 0 Å². The number of rotatable bonds is 7. The molecular formula is C33H42N2O3. The monoisotopic (exact) mass is 514 g/mol. The van der Waals surface area contributed by atoms with E-state index in [0.717, 1.165) is 54.9 Å². The molecule has 0 aliphatic carbocycles. The van der Waals surface area contributed by atoms with Gasteiger partial charge in [0.15, 0.2) is 6.10 Å². The van der Waals surface area contributed by atoms with Crippen molar-refractivity contribution >= 4 is 11.7 Å². The highest BCUT2D eigenvalue weighted by Crippen LogP contribution is 2.44. The highest BCUT2D eigenvalue weighted by Gasteiger charge is 2.36. The smallest absolute Gasteiger partial charge is 0.337 e. The summed E-state index contributed by atoms with van der Waals surface area (Å²) in [5, 5.41) is 10.4. The summed E-state index contributed by atoms with van der Waals surface area (Å²) in [5.74, 6) is -0.989. The molecule has 5 heteroatoms. The fourth-order valence-electron chi connectivity index (χ4n) is 5.38. The molecular weight excluding hydrogens is 472 g/mol. The number of carbonyl (C=O) groups is 1. The first-order valence-corrected chi connectivity index (χ1v) is 13.6. The second-order valence-electron chi connectivity index (χ2n) is 12.4. The zero-order chi connectivity index (χ0) is 27.7. The standard InChI is InChI=1S/C33H42N2O3/c1-22-27(26-15-13-25(14-16-26)21-24-11-9-8-10-12-24)29(35-19-17-33(6,7)18-20-35)28(23(2)34-22)30(31(36)37)38-32(3,4)5/h8-16,30H,17-21H2,1-7H3,(H,36,37). The largest absolute Gasteiger partial charge is 0.479 e. The van der Waals surface area contributed by atoms with Gasteiger partial charge in [0.25, 0.3) is 0 Å². The van der Waals surface area contributed by atoms with E-state index in [0.29, 0.717) is 11.3 Å². The lowest BCUT2D eigenvalue weighted by atomic mass is 9.81. The summed E-state index contributed by atoms with van der Waals surface area (Å²) < 4.78 is 6.19. The molecule has 1 unspecified atom stereocenters. The lowest BCUT2D eigenvalue weighted by molar-refractivity contribution is -0.160. The van der Waals surface area contributed by atoms with Gasteiger partial charge in [-0.2, -0.15) is 0 Å². The third-order valence-corrected chi connectivity index (χ3v) is 7.46. The van der Waals surface area contributed by atoms with Crippen LogP contribution in [-0.4, -0.2) is 34.8 Å². The number of anilines is 1. The van der Waals surface area contributed by atoms with Crippen LogP contribution in [0.5, 0.6) is 0 Å². The second kappa shape index (κ2) is 10.9. The van der Waals surface area contributed by atoms with Crippen molar-refractivity contribution in [1.82, 2.24) is 4.98 Å². The molecule has 3 aromatic rings. The van der Waals surface area contributed by atoms with Crippen LogP contribution in [0, 0.1) is 19.3 Å². The van der Waals surface area contributed by atoms with Crippen LogP contribution >= 0.6 is 0 Å². The Morgan fingerprint density at radius 3 is 2.11 bits per heavy atom. The van der Waals surface area contributed by atoms with E-state index in [1.807, 2.05) is 40.7 Å². The summed E-state index contributed by atoms with van der Waals surface area (Å²) in [5.41, 5.74) is 7.44. The number of hydrogen-bond donors (Lipinski definition) is 1. The van der Waals surface area contributed by atoms with Gasteiger partial charge in [-0.05, 0) is 76.0 Å². The van der Waals surface area contributed by atoms with Crippen LogP contribution in [0.4, 0.5) is 5.69 Å². The van der Waals surface area contributed by atoms with Crippen LogP contribution in [0.15, 0.2) is 54.6 Å². The predicted molar refractivity (Wildman–Crippen MR) is 155 cm³/mol. The van der Waals surface area contributed by atoms with Crippen molar-refractivity contribution in [1.29, 1.82) is 0 Å². The van der Waals surface area contributed by atoms with Crippen molar-refractivity contribution in [2.45, 2.75) is 79.4 Å². The molecule has 1 N–H and O–H groups in total. The first-order chi connectivity index (χ1) is 17.8. The Labute approximate surface area is 227 Å². The van der Waals surface area contributed by atoms with E-state index in [1.165, 1.54) is 11.1 Å². The highest BCUT2D eigenvalue weighted by molar-refractivity contribution is 5.88. The molecule has 2 heterocycles. The van der Waals surface area contributed by atoms with E-state index in [-0.39, 0.29) is 5.41 Å². The SMILES string of the molecule is Cc1nc(C)c(C(OC(C)(C)C)C(=O)O)c(N2CCC(C)(C)CC2)c1-c1ccc(Cc2ccccc2)cc1. The summed E-state index contributed by atoms with van der Waals surface area (Å²) in [6.45, 7) is 16.0. The maximum Gasteiger partial charge on any atom is 0.337 e. The van der Waals surface area contributed by atoms with Gasteiger partial charge in [-0.1, -0.05) is 68.4 Å². The number of benzene rings is 2. The third-order valence-electron chi connectivity index (χ3n) is 7.46. The van der Waals surface area contributed by atoms with E-state index in [1.54, 1.807) is 0 Å². The average molecular weight is 515 g/mol. The van der Waals surface area contributed by atoms with Gasteiger partial charge in [0, 0.05) is 35.6 Å². The van der Waals surface area contributed by atoms with Crippen LogP contribution in [0.25, 0.3) is 11.1 Å². The van der Waals surface area contributed by atoms with Crippen LogP contribution in [0.2, 0.25) is 0 Å². The maximum absolute atomic E-state index is 12.6. The molecule has 0 spiro atoms.